The second-order valence-electron chi connectivity index (χ2n) is 9.32. The average molecular weight is 427 g/mol. The molecule has 6 nitrogen and oxygen atoms in total. The summed E-state index contributed by atoms with van der Waals surface area (Å²) < 4.78 is 5.34. The van der Waals surface area contributed by atoms with E-state index in [-0.39, 0.29) is 35.4 Å². The minimum atomic E-state index is -0.396. The van der Waals surface area contributed by atoms with Gasteiger partial charge >= 0.3 is 5.97 Å². The molecule has 6 heteroatoms. The molecule has 0 bridgehead atoms. The molecule has 0 aromatic rings. The van der Waals surface area contributed by atoms with Gasteiger partial charge in [0, 0.05) is 31.6 Å². The highest BCUT2D eigenvalue weighted by atomic mass is 16.5. The van der Waals surface area contributed by atoms with Gasteiger partial charge in [-0.05, 0) is 44.1 Å². The Morgan fingerprint density at radius 1 is 1.19 bits per heavy atom. The molecular weight excluding hydrogens is 392 g/mol. The number of fused-ring (bicyclic) bond motifs is 1. The van der Waals surface area contributed by atoms with E-state index in [4.69, 9.17) is 4.74 Å². The van der Waals surface area contributed by atoms with Crippen LogP contribution in [0.4, 0.5) is 0 Å². The molecule has 0 aromatic carbocycles. The molecule has 31 heavy (non-hydrogen) atoms. The molecule has 1 saturated carbocycles. The lowest BCUT2D eigenvalue weighted by atomic mass is 9.85. The van der Waals surface area contributed by atoms with E-state index in [1.165, 1.54) is 32.1 Å². The SMILES string of the molecule is CCOC(=O)[C@@H]1C[C@H](CC(=O)C2=C(O)C3N=CC=CC3C=C2)CN1CC1CCCCC1. The van der Waals surface area contributed by atoms with Crippen LogP contribution in [-0.4, -0.2) is 59.8 Å². The molecule has 0 amide bonds. The molecule has 2 unspecified atom stereocenters. The van der Waals surface area contributed by atoms with Crippen LogP contribution in [0, 0.1) is 17.8 Å². The molecule has 4 atom stereocenters. The van der Waals surface area contributed by atoms with E-state index >= 15 is 0 Å². The van der Waals surface area contributed by atoms with Crippen LogP contribution < -0.4 is 0 Å². The predicted octanol–water partition coefficient (Wildman–Crippen LogP) is 3.79. The first-order valence-corrected chi connectivity index (χ1v) is 11.8. The van der Waals surface area contributed by atoms with Crippen LogP contribution in [0.3, 0.4) is 0 Å². The summed E-state index contributed by atoms with van der Waals surface area (Å²) in [5.74, 6) is 0.557. The summed E-state index contributed by atoms with van der Waals surface area (Å²) >= 11 is 0. The second kappa shape index (κ2) is 9.94. The zero-order valence-electron chi connectivity index (χ0n) is 18.4. The van der Waals surface area contributed by atoms with Gasteiger partial charge in [0.25, 0.3) is 0 Å². The number of allylic oxidation sites excluding steroid dienone is 3. The van der Waals surface area contributed by atoms with Crippen LogP contribution in [0.15, 0.2) is 40.6 Å². The largest absolute Gasteiger partial charge is 0.509 e. The van der Waals surface area contributed by atoms with Gasteiger partial charge in [0.2, 0.25) is 0 Å². The first kappa shape index (κ1) is 22.0. The summed E-state index contributed by atoms with van der Waals surface area (Å²) in [5.41, 5.74) is 0.368. The summed E-state index contributed by atoms with van der Waals surface area (Å²) in [6.45, 7) is 3.85. The van der Waals surface area contributed by atoms with Crippen molar-refractivity contribution in [1.29, 1.82) is 0 Å². The highest BCUT2D eigenvalue weighted by Gasteiger charge is 2.40. The van der Waals surface area contributed by atoms with E-state index in [1.807, 2.05) is 25.2 Å². The molecule has 4 rings (SSSR count). The number of dihydropyridines is 1. The molecule has 0 spiro atoms. The van der Waals surface area contributed by atoms with Gasteiger partial charge in [0.05, 0.1) is 12.2 Å². The van der Waals surface area contributed by atoms with E-state index in [1.54, 1.807) is 12.3 Å². The van der Waals surface area contributed by atoms with Crippen LogP contribution in [0.25, 0.3) is 0 Å². The Bertz CT molecular complexity index is 806. The fourth-order valence-electron chi connectivity index (χ4n) is 5.54. The lowest BCUT2D eigenvalue weighted by molar-refractivity contribution is -0.148. The lowest BCUT2D eigenvalue weighted by Crippen LogP contribution is -2.40. The first-order chi connectivity index (χ1) is 15.1. The minimum absolute atomic E-state index is 0.00668. The summed E-state index contributed by atoms with van der Waals surface area (Å²) in [6.07, 6.45) is 16.4. The molecule has 1 saturated heterocycles. The number of nitrogens with zero attached hydrogens (tertiary/aromatic N) is 2. The van der Waals surface area contributed by atoms with Crippen LogP contribution in [0.1, 0.15) is 51.9 Å². The summed E-state index contributed by atoms with van der Waals surface area (Å²) in [5, 5.41) is 10.7. The quantitative estimate of drug-likeness (QED) is 0.627. The number of hydrogen-bond acceptors (Lipinski definition) is 6. The molecule has 1 N–H and O–H groups in total. The third-order valence-corrected chi connectivity index (χ3v) is 7.11. The Morgan fingerprint density at radius 2 is 2.00 bits per heavy atom. The number of likely N-dealkylation sites (tertiary alicyclic amines) is 1. The smallest absolute Gasteiger partial charge is 0.323 e. The molecule has 0 aromatic heterocycles. The fraction of sp³-hybridized carbons (Fsp3) is 0.640. The number of esters is 1. The van der Waals surface area contributed by atoms with Crippen molar-refractivity contribution in [3.8, 4) is 0 Å². The molecule has 0 radical (unpaired) electrons. The van der Waals surface area contributed by atoms with Crippen LogP contribution in [0.2, 0.25) is 0 Å². The number of rotatable bonds is 7. The van der Waals surface area contributed by atoms with E-state index in [0.717, 1.165) is 13.1 Å². The van der Waals surface area contributed by atoms with Gasteiger partial charge in [-0.15, -0.1) is 0 Å². The van der Waals surface area contributed by atoms with Gasteiger partial charge in [-0.2, -0.15) is 0 Å². The maximum absolute atomic E-state index is 13.1. The fourth-order valence-corrected chi connectivity index (χ4v) is 5.54. The summed E-state index contributed by atoms with van der Waals surface area (Å²) in [6, 6.07) is -0.658. The van der Waals surface area contributed by atoms with Crippen molar-refractivity contribution in [1.82, 2.24) is 4.90 Å². The number of ketones is 1. The normalized spacial score (nSPS) is 31.1. The summed E-state index contributed by atoms with van der Waals surface area (Å²) in [4.78, 5) is 32.3. The molecule has 4 aliphatic rings. The number of aliphatic imine (C=N–C) groups is 1. The zero-order chi connectivity index (χ0) is 21.8. The van der Waals surface area contributed by atoms with E-state index in [9.17, 15) is 14.7 Å². The predicted molar refractivity (Wildman–Crippen MR) is 120 cm³/mol. The van der Waals surface area contributed by atoms with Gasteiger partial charge in [-0.25, -0.2) is 0 Å². The highest BCUT2D eigenvalue weighted by Crippen LogP contribution is 2.34. The third kappa shape index (κ3) is 5.00. The Labute approximate surface area is 184 Å². The van der Waals surface area contributed by atoms with Gasteiger partial charge < -0.3 is 9.84 Å². The van der Waals surface area contributed by atoms with Crippen LogP contribution in [-0.2, 0) is 14.3 Å². The van der Waals surface area contributed by atoms with Crippen molar-refractivity contribution in [2.45, 2.75) is 64.0 Å². The maximum Gasteiger partial charge on any atom is 0.323 e. The number of hydrogen-bond donors (Lipinski definition) is 1. The van der Waals surface area contributed by atoms with E-state index in [0.29, 0.717) is 30.9 Å². The van der Waals surface area contributed by atoms with Gasteiger partial charge in [0.15, 0.2) is 5.78 Å². The monoisotopic (exact) mass is 426 g/mol. The van der Waals surface area contributed by atoms with Crippen molar-refractivity contribution in [2.24, 2.45) is 22.7 Å². The number of Topliss-reactive ketones (excluding diaryl/α,β-unsaturated/α-hetero) is 1. The van der Waals surface area contributed by atoms with Crippen molar-refractivity contribution in [2.75, 3.05) is 19.7 Å². The Kier molecular flexibility index (Phi) is 7.06. The molecule has 2 aliphatic heterocycles. The number of aliphatic hydroxyl groups is 1. The standard InChI is InChI=1S/C25H34N2O4/c1-2-31-25(30)21-13-18(16-27(21)15-17-7-4-3-5-8-17)14-22(28)20-11-10-19-9-6-12-26-23(19)24(20)29/h6,9-12,17-19,21,23,29H,2-5,7-8,13-16H2,1H3/t18-,19?,21+,23?/m1/s1. The van der Waals surface area contributed by atoms with Crippen molar-refractivity contribution in [3.63, 3.8) is 0 Å². The first-order valence-electron chi connectivity index (χ1n) is 11.8. The molecule has 2 aliphatic carbocycles. The number of aliphatic hydroxyl groups excluding tert-OH is 1. The Morgan fingerprint density at radius 3 is 2.77 bits per heavy atom. The topological polar surface area (TPSA) is 79.2 Å². The van der Waals surface area contributed by atoms with Crippen molar-refractivity contribution in [3.05, 3.63) is 35.6 Å². The Hall–Kier alpha value is -2.21. The van der Waals surface area contributed by atoms with Crippen molar-refractivity contribution >= 4 is 18.0 Å². The van der Waals surface area contributed by atoms with Crippen LogP contribution in [0.5, 0.6) is 0 Å². The van der Waals surface area contributed by atoms with Gasteiger partial charge in [-0.3, -0.25) is 19.5 Å². The highest BCUT2D eigenvalue weighted by molar-refractivity contribution is 5.99. The average Bonchev–Trinajstić information content (AvgIpc) is 3.17. The number of carbonyl (C=O) groups excluding carboxylic acids is 2. The van der Waals surface area contributed by atoms with Crippen LogP contribution >= 0.6 is 0 Å². The molecule has 168 valence electrons. The van der Waals surface area contributed by atoms with Crippen molar-refractivity contribution < 1.29 is 19.4 Å². The third-order valence-electron chi connectivity index (χ3n) is 7.11. The number of carbonyl (C=O) groups is 2. The van der Waals surface area contributed by atoms with E-state index < -0.39 is 6.04 Å². The number of ether oxygens (including phenoxy) is 1. The maximum atomic E-state index is 13.1. The Balaban J connectivity index is 1.42. The minimum Gasteiger partial charge on any atom is -0.509 e. The lowest BCUT2D eigenvalue weighted by Gasteiger charge is -2.30. The van der Waals surface area contributed by atoms with Gasteiger partial charge in [0.1, 0.15) is 17.8 Å². The van der Waals surface area contributed by atoms with Gasteiger partial charge in [-0.1, -0.05) is 37.5 Å². The molecule has 2 fully saturated rings. The molecular formula is C25H34N2O4. The molecule has 2 heterocycles. The summed E-state index contributed by atoms with van der Waals surface area (Å²) in [7, 11) is 0. The second-order valence-corrected chi connectivity index (χ2v) is 9.32. The zero-order valence-corrected chi connectivity index (χ0v) is 18.4. The van der Waals surface area contributed by atoms with E-state index in [2.05, 4.69) is 9.89 Å².